The number of urea groups is 1. The minimum absolute atomic E-state index is 0.172. The second kappa shape index (κ2) is 10.7. The fourth-order valence-electron chi connectivity index (χ4n) is 3.52. The lowest BCUT2D eigenvalue weighted by molar-refractivity contribution is -0.142. The van der Waals surface area contributed by atoms with Crippen LogP contribution in [0.15, 0.2) is 30.3 Å². The number of nitrogens with one attached hydrogen (secondary N) is 3. The van der Waals surface area contributed by atoms with Gasteiger partial charge in [0.15, 0.2) is 0 Å². The Morgan fingerprint density at radius 2 is 1.89 bits per heavy atom. The number of aryl methyl sites for hydroxylation is 1. The minimum Gasteiger partial charge on any atom is -0.335 e. The van der Waals surface area contributed by atoms with E-state index in [4.69, 9.17) is 0 Å². The molecule has 0 bridgehead atoms. The molecule has 8 nitrogen and oxygen atoms in total. The molecule has 0 radical (unpaired) electrons. The summed E-state index contributed by atoms with van der Waals surface area (Å²) in [5, 5.41) is 13.1. The molecule has 0 spiro atoms. The Hall–Kier alpha value is -2.61. The Labute approximate surface area is 165 Å². The van der Waals surface area contributed by atoms with Crippen molar-refractivity contribution in [1.29, 1.82) is 0 Å². The zero-order valence-electron chi connectivity index (χ0n) is 16.5. The third-order valence-electron chi connectivity index (χ3n) is 4.92. The van der Waals surface area contributed by atoms with E-state index in [0.29, 0.717) is 32.4 Å². The van der Waals surface area contributed by atoms with E-state index in [1.807, 2.05) is 44.2 Å². The second-order valence-corrected chi connectivity index (χ2v) is 7.56. The van der Waals surface area contributed by atoms with Gasteiger partial charge in [-0.2, -0.15) is 0 Å². The van der Waals surface area contributed by atoms with Gasteiger partial charge in [-0.05, 0) is 37.2 Å². The first-order chi connectivity index (χ1) is 13.4. The third kappa shape index (κ3) is 6.23. The molecular formula is C20H30N4O4. The predicted molar refractivity (Wildman–Crippen MR) is 104 cm³/mol. The van der Waals surface area contributed by atoms with Crippen LogP contribution in [-0.2, 0) is 16.0 Å². The lowest BCUT2D eigenvalue weighted by atomic mass is 9.81. The molecule has 1 aliphatic heterocycles. The van der Waals surface area contributed by atoms with Gasteiger partial charge in [0.25, 0.3) is 0 Å². The van der Waals surface area contributed by atoms with Gasteiger partial charge in [-0.1, -0.05) is 44.2 Å². The number of hydrazine groups is 1. The molecule has 8 heteroatoms. The maximum Gasteiger partial charge on any atom is 0.336 e. The summed E-state index contributed by atoms with van der Waals surface area (Å²) in [7, 11) is 0. The molecule has 1 unspecified atom stereocenters. The molecule has 0 saturated carbocycles. The van der Waals surface area contributed by atoms with E-state index in [0.717, 1.165) is 12.0 Å². The van der Waals surface area contributed by atoms with Gasteiger partial charge >= 0.3 is 6.03 Å². The standard InChI is InChI=1S/C20H30N4O4/c1-14(2)13-17(18(25)22-24-12-11-21-20(24)27)16(19(26)23-28)10-6-9-15-7-4-3-5-8-15/h3-5,7-8,14,16-17,28H,6,9-13H2,1-2H3,(H,21,27)(H,22,25)(H,23,26)/t16-,17?/m1/s1. The van der Waals surface area contributed by atoms with Crippen LogP contribution in [0.1, 0.15) is 38.7 Å². The summed E-state index contributed by atoms with van der Waals surface area (Å²) < 4.78 is 0. The fraction of sp³-hybridized carbons (Fsp3) is 0.550. The van der Waals surface area contributed by atoms with Crippen molar-refractivity contribution in [2.45, 2.75) is 39.5 Å². The van der Waals surface area contributed by atoms with Crippen molar-refractivity contribution in [3.05, 3.63) is 35.9 Å². The highest BCUT2D eigenvalue weighted by Crippen LogP contribution is 2.26. The van der Waals surface area contributed by atoms with Gasteiger partial charge in [0, 0.05) is 6.54 Å². The lowest BCUT2D eigenvalue weighted by Gasteiger charge is -2.28. The van der Waals surface area contributed by atoms with Gasteiger partial charge in [0.2, 0.25) is 11.8 Å². The molecule has 1 heterocycles. The van der Waals surface area contributed by atoms with Crippen LogP contribution in [0.5, 0.6) is 0 Å². The molecule has 4 amide bonds. The molecule has 154 valence electrons. The highest BCUT2D eigenvalue weighted by Gasteiger charge is 2.35. The lowest BCUT2D eigenvalue weighted by Crippen LogP contribution is -2.50. The molecule has 1 aromatic carbocycles. The SMILES string of the molecule is CC(C)CC(C(=O)NN1CCNC1=O)[C@@H](CCCc1ccccc1)C(=O)NO. The normalized spacial score (nSPS) is 15.9. The zero-order chi connectivity index (χ0) is 20.5. The maximum absolute atomic E-state index is 12.9. The summed E-state index contributed by atoms with van der Waals surface area (Å²) in [6.45, 7) is 4.79. The Balaban J connectivity index is 2.07. The van der Waals surface area contributed by atoms with Crippen LogP contribution in [0.2, 0.25) is 0 Å². The molecule has 1 fully saturated rings. The van der Waals surface area contributed by atoms with Crippen LogP contribution < -0.4 is 16.2 Å². The molecule has 2 atom stereocenters. The zero-order valence-corrected chi connectivity index (χ0v) is 16.5. The van der Waals surface area contributed by atoms with E-state index < -0.39 is 17.7 Å². The van der Waals surface area contributed by atoms with Crippen molar-refractivity contribution in [3.63, 3.8) is 0 Å². The van der Waals surface area contributed by atoms with Gasteiger partial charge in [-0.15, -0.1) is 0 Å². The minimum atomic E-state index is -0.679. The molecule has 1 aromatic rings. The quantitative estimate of drug-likeness (QED) is 0.361. The Morgan fingerprint density at radius 1 is 1.18 bits per heavy atom. The van der Waals surface area contributed by atoms with E-state index >= 15 is 0 Å². The number of hydrogen-bond acceptors (Lipinski definition) is 4. The topological polar surface area (TPSA) is 111 Å². The number of hydroxylamine groups is 1. The highest BCUT2D eigenvalue weighted by molar-refractivity contribution is 5.88. The average molecular weight is 390 g/mol. The number of benzene rings is 1. The van der Waals surface area contributed by atoms with Gasteiger partial charge in [0.1, 0.15) is 0 Å². The first-order valence-corrected chi connectivity index (χ1v) is 9.76. The van der Waals surface area contributed by atoms with Crippen molar-refractivity contribution in [3.8, 4) is 0 Å². The van der Waals surface area contributed by atoms with Crippen molar-refractivity contribution >= 4 is 17.8 Å². The second-order valence-electron chi connectivity index (χ2n) is 7.56. The molecule has 0 aliphatic carbocycles. The number of nitrogens with zero attached hydrogens (tertiary/aromatic N) is 1. The van der Waals surface area contributed by atoms with Crippen LogP contribution >= 0.6 is 0 Å². The van der Waals surface area contributed by atoms with Crippen molar-refractivity contribution < 1.29 is 19.6 Å². The first-order valence-electron chi connectivity index (χ1n) is 9.76. The summed E-state index contributed by atoms with van der Waals surface area (Å²) in [4.78, 5) is 37.0. The Kier molecular flexibility index (Phi) is 8.25. The van der Waals surface area contributed by atoms with E-state index in [1.54, 1.807) is 5.48 Å². The Bertz CT molecular complexity index is 665. The molecule has 28 heavy (non-hydrogen) atoms. The number of carbonyl (C=O) groups is 3. The van der Waals surface area contributed by atoms with Gasteiger partial charge in [-0.25, -0.2) is 15.3 Å². The van der Waals surface area contributed by atoms with Crippen molar-refractivity contribution in [2.24, 2.45) is 17.8 Å². The smallest absolute Gasteiger partial charge is 0.335 e. The number of rotatable bonds is 10. The van der Waals surface area contributed by atoms with Crippen molar-refractivity contribution in [1.82, 2.24) is 21.2 Å². The largest absolute Gasteiger partial charge is 0.336 e. The molecule has 2 rings (SSSR count). The predicted octanol–water partition coefficient (Wildman–Crippen LogP) is 1.85. The Morgan fingerprint density at radius 3 is 2.46 bits per heavy atom. The molecule has 0 aromatic heterocycles. The summed E-state index contributed by atoms with van der Waals surface area (Å²) in [5.41, 5.74) is 5.49. The summed E-state index contributed by atoms with van der Waals surface area (Å²) in [6, 6.07) is 9.55. The average Bonchev–Trinajstić information content (AvgIpc) is 3.08. The van der Waals surface area contributed by atoms with Crippen LogP contribution in [0.4, 0.5) is 4.79 Å². The van der Waals surface area contributed by atoms with E-state index in [2.05, 4.69) is 10.7 Å². The van der Waals surface area contributed by atoms with Crippen LogP contribution in [0.3, 0.4) is 0 Å². The van der Waals surface area contributed by atoms with Gasteiger partial charge < -0.3 is 5.32 Å². The fourth-order valence-corrected chi connectivity index (χ4v) is 3.52. The van der Waals surface area contributed by atoms with Crippen molar-refractivity contribution in [2.75, 3.05) is 13.1 Å². The molecule has 1 saturated heterocycles. The van der Waals surface area contributed by atoms with E-state index in [9.17, 15) is 19.6 Å². The van der Waals surface area contributed by atoms with E-state index in [-0.39, 0.29) is 17.9 Å². The molecular weight excluding hydrogens is 360 g/mol. The van der Waals surface area contributed by atoms with Crippen LogP contribution in [0.25, 0.3) is 0 Å². The number of carbonyl (C=O) groups excluding carboxylic acids is 3. The van der Waals surface area contributed by atoms with Crippen LogP contribution in [-0.4, -0.2) is 41.2 Å². The summed E-state index contributed by atoms with van der Waals surface area (Å²) in [6.07, 6.45) is 2.41. The summed E-state index contributed by atoms with van der Waals surface area (Å²) >= 11 is 0. The van der Waals surface area contributed by atoms with E-state index in [1.165, 1.54) is 5.01 Å². The first kappa shape index (κ1) is 21.7. The number of amides is 4. The molecule has 4 N–H and O–H groups in total. The van der Waals surface area contributed by atoms with Gasteiger partial charge in [0.05, 0.1) is 18.4 Å². The van der Waals surface area contributed by atoms with Crippen LogP contribution in [0, 0.1) is 17.8 Å². The number of hydrogen-bond donors (Lipinski definition) is 4. The summed E-state index contributed by atoms with van der Waals surface area (Å²) in [5.74, 6) is -2.09. The molecule has 1 aliphatic rings. The third-order valence-corrected chi connectivity index (χ3v) is 4.92. The monoisotopic (exact) mass is 390 g/mol. The van der Waals surface area contributed by atoms with Gasteiger partial charge in [-0.3, -0.25) is 20.2 Å². The highest BCUT2D eigenvalue weighted by atomic mass is 16.5. The maximum atomic E-state index is 12.9.